The lowest BCUT2D eigenvalue weighted by Crippen LogP contribution is -2.27. The molecule has 0 saturated heterocycles. The topological polar surface area (TPSA) is 114 Å². The van der Waals surface area contributed by atoms with E-state index in [4.69, 9.17) is 23.7 Å². The lowest BCUT2D eigenvalue weighted by atomic mass is 9.98. The summed E-state index contributed by atoms with van der Waals surface area (Å²) in [5, 5.41) is 0. The molecule has 0 spiro atoms. The molecule has 9 heteroatoms. The molecule has 1 heterocycles. The normalized spacial score (nSPS) is 13.8. The zero-order valence-corrected chi connectivity index (χ0v) is 21.0. The predicted molar refractivity (Wildman–Crippen MR) is 126 cm³/mol. The summed E-state index contributed by atoms with van der Waals surface area (Å²) in [5.41, 5.74) is 0.767. The molecule has 9 nitrogen and oxygen atoms in total. The van der Waals surface area contributed by atoms with E-state index in [2.05, 4.69) is 0 Å². The first-order valence-corrected chi connectivity index (χ1v) is 11.1. The van der Waals surface area contributed by atoms with Crippen LogP contribution in [-0.4, -0.2) is 48.9 Å². The molecular weight excluding hydrogens is 456 g/mol. The third-order valence-electron chi connectivity index (χ3n) is 4.29. The van der Waals surface area contributed by atoms with Crippen molar-refractivity contribution < 1.29 is 42.9 Å². The van der Waals surface area contributed by atoms with Crippen LogP contribution < -0.4 is 4.74 Å². The van der Waals surface area contributed by atoms with Crippen LogP contribution >= 0.6 is 0 Å². The Bertz CT molecular complexity index is 1020. The minimum atomic E-state index is -0.653. The molecule has 0 fully saturated rings. The average Bonchev–Trinajstić information content (AvgIpc) is 2.74. The minimum absolute atomic E-state index is 0.0471. The van der Waals surface area contributed by atoms with E-state index in [-0.39, 0.29) is 42.5 Å². The maximum atomic E-state index is 11.9. The number of carbonyl (C=O) groups is 4. The number of aldehydes is 2. The summed E-state index contributed by atoms with van der Waals surface area (Å²) in [5.74, 6) is -0.909. The fraction of sp³-hybridized carbons (Fsp3) is 0.462. The number of hydrogen-bond acceptors (Lipinski definition) is 9. The van der Waals surface area contributed by atoms with Crippen LogP contribution in [0.1, 0.15) is 63.9 Å². The highest BCUT2D eigenvalue weighted by atomic mass is 16.7. The molecule has 0 aromatic heterocycles. The number of ether oxygens (including phenoxy) is 5. The Morgan fingerprint density at radius 2 is 1.51 bits per heavy atom. The van der Waals surface area contributed by atoms with Gasteiger partial charge in [-0.2, -0.15) is 0 Å². The molecule has 1 aromatic rings. The van der Waals surface area contributed by atoms with E-state index < -0.39 is 23.1 Å². The smallest absolute Gasteiger partial charge is 0.344 e. The molecule has 0 amide bonds. The van der Waals surface area contributed by atoms with Crippen LogP contribution in [0.3, 0.4) is 0 Å². The van der Waals surface area contributed by atoms with Crippen LogP contribution in [-0.2, 0) is 39.8 Å². The van der Waals surface area contributed by atoms with E-state index in [1.54, 1.807) is 59.7 Å². The Morgan fingerprint density at radius 3 is 2.06 bits per heavy atom. The van der Waals surface area contributed by atoms with E-state index in [1.807, 2.05) is 0 Å². The first kappa shape index (κ1) is 27.6. The van der Waals surface area contributed by atoms with Crippen LogP contribution in [0.15, 0.2) is 41.6 Å². The summed E-state index contributed by atoms with van der Waals surface area (Å²) in [6.07, 6.45) is 3.34. The Balaban J connectivity index is 1.98. The number of rotatable bonds is 10. The fourth-order valence-electron chi connectivity index (χ4n) is 3.09. The Kier molecular flexibility index (Phi) is 9.22. The van der Waals surface area contributed by atoms with Gasteiger partial charge >= 0.3 is 11.9 Å². The lowest BCUT2D eigenvalue weighted by molar-refractivity contribution is -0.160. The molecule has 1 aliphatic heterocycles. The van der Waals surface area contributed by atoms with Crippen molar-refractivity contribution in [3.63, 3.8) is 0 Å². The highest BCUT2D eigenvalue weighted by Crippen LogP contribution is 2.27. The third kappa shape index (κ3) is 9.64. The maximum absolute atomic E-state index is 11.9. The quantitative estimate of drug-likeness (QED) is 0.358. The van der Waals surface area contributed by atoms with Crippen molar-refractivity contribution in [3.8, 4) is 5.75 Å². The van der Waals surface area contributed by atoms with Crippen LogP contribution in [0.25, 0.3) is 0 Å². The van der Waals surface area contributed by atoms with Gasteiger partial charge in [0, 0.05) is 6.42 Å². The highest BCUT2D eigenvalue weighted by molar-refractivity contribution is 5.80. The second kappa shape index (κ2) is 11.7. The Hall–Kier alpha value is -3.62. The van der Waals surface area contributed by atoms with Crippen molar-refractivity contribution in [2.45, 2.75) is 65.6 Å². The molecule has 1 aromatic carbocycles. The molecule has 0 N–H and O–H groups in total. The van der Waals surface area contributed by atoms with Gasteiger partial charge in [-0.1, -0.05) is 6.07 Å². The second-order valence-corrected chi connectivity index (χ2v) is 9.92. The second-order valence-electron chi connectivity index (χ2n) is 9.92. The molecule has 0 radical (unpaired) electrons. The van der Waals surface area contributed by atoms with Crippen molar-refractivity contribution in [1.82, 2.24) is 0 Å². The van der Waals surface area contributed by atoms with Gasteiger partial charge in [0.1, 0.15) is 17.0 Å². The molecule has 190 valence electrons. The third-order valence-corrected chi connectivity index (χ3v) is 4.29. The molecule has 0 unspecified atom stereocenters. The average molecular weight is 489 g/mol. The molecule has 0 bridgehead atoms. The van der Waals surface area contributed by atoms with Crippen LogP contribution in [0.2, 0.25) is 0 Å². The van der Waals surface area contributed by atoms with Gasteiger partial charge in [-0.25, -0.2) is 9.59 Å². The Labute approximate surface area is 205 Å². The fourth-order valence-corrected chi connectivity index (χ4v) is 3.09. The number of hydrogen-bond donors (Lipinski definition) is 0. The van der Waals surface area contributed by atoms with Crippen LogP contribution in [0, 0.1) is 0 Å². The van der Waals surface area contributed by atoms with E-state index >= 15 is 0 Å². The first-order chi connectivity index (χ1) is 16.3. The number of benzene rings is 1. The van der Waals surface area contributed by atoms with Crippen molar-refractivity contribution in [1.29, 1.82) is 0 Å². The van der Waals surface area contributed by atoms with Crippen molar-refractivity contribution in [2.24, 2.45) is 0 Å². The monoisotopic (exact) mass is 488 g/mol. The van der Waals surface area contributed by atoms with Gasteiger partial charge in [-0.3, -0.25) is 9.59 Å². The summed E-state index contributed by atoms with van der Waals surface area (Å²) >= 11 is 0. The van der Waals surface area contributed by atoms with Gasteiger partial charge in [0.15, 0.2) is 25.8 Å². The first-order valence-electron chi connectivity index (χ1n) is 11.1. The van der Waals surface area contributed by atoms with E-state index in [9.17, 15) is 19.2 Å². The van der Waals surface area contributed by atoms with Crippen LogP contribution in [0.4, 0.5) is 0 Å². The number of allylic oxidation sites excluding steroid dienone is 2. The standard InChI is InChI=1S/C26H32O9/c1-25(2,3)34-22(29)15-31-21-8-7-17(10-19(21)12-27)9-18-11-20(13-28)24(32-14-18)33-16-23(30)35-26(4,5)6/h7-8,10,12-14H,9,11,15-16H2,1-6H3. The summed E-state index contributed by atoms with van der Waals surface area (Å²) < 4.78 is 26.6. The van der Waals surface area contributed by atoms with Crippen molar-refractivity contribution in [2.75, 3.05) is 13.2 Å². The maximum Gasteiger partial charge on any atom is 0.344 e. The molecule has 0 aliphatic carbocycles. The van der Waals surface area contributed by atoms with Gasteiger partial charge in [0.2, 0.25) is 0 Å². The molecule has 1 aliphatic rings. The Morgan fingerprint density at radius 1 is 0.914 bits per heavy atom. The van der Waals surface area contributed by atoms with Gasteiger partial charge < -0.3 is 23.7 Å². The van der Waals surface area contributed by atoms with Crippen molar-refractivity contribution >= 4 is 24.5 Å². The summed E-state index contributed by atoms with van der Waals surface area (Å²) in [6.45, 7) is 9.76. The summed E-state index contributed by atoms with van der Waals surface area (Å²) in [4.78, 5) is 46.8. The largest absolute Gasteiger partial charge is 0.481 e. The van der Waals surface area contributed by atoms with Crippen LogP contribution in [0.5, 0.6) is 5.75 Å². The molecule has 2 rings (SSSR count). The molecule has 0 atom stereocenters. The van der Waals surface area contributed by atoms with Gasteiger partial charge in [-0.15, -0.1) is 0 Å². The van der Waals surface area contributed by atoms with E-state index in [0.717, 1.165) is 11.1 Å². The highest BCUT2D eigenvalue weighted by Gasteiger charge is 2.22. The van der Waals surface area contributed by atoms with E-state index in [0.29, 0.717) is 19.0 Å². The molecule has 0 saturated carbocycles. The van der Waals surface area contributed by atoms with E-state index in [1.165, 1.54) is 6.26 Å². The SMILES string of the molecule is CC(C)(C)OC(=O)COC1=C(C=O)CC(Cc2ccc(OCC(=O)OC(C)(C)C)c(C=O)c2)=CO1. The van der Waals surface area contributed by atoms with Crippen molar-refractivity contribution in [3.05, 3.63) is 52.7 Å². The summed E-state index contributed by atoms with van der Waals surface area (Å²) in [7, 11) is 0. The zero-order chi connectivity index (χ0) is 26.2. The zero-order valence-electron chi connectivity index (χ0n) is 21.0. The lowest BCUT2D eigenvalue weighted by Gasteiger charge is -2.21. The number of esters is 2. The van der Waals surface area contributed by atoms with Gasteiger partial charge in [0.25, 0.3) is 5.95 Å². The van der Waals surface area contributed by atoms with Gasteiger partial charge in [-0.05, 0) is 71.2 Å². The van der Waals surface area contributed by atoms with Gasteiger partial charge in [0.05, 0.1) is 17.4 Å². The molecule has 35 heavy (non-hydrogen) atoms. The predicted octanol–water partition coefficient (Wildman–Crippen LogP) is 3.84. The summed E-state index contributed by atoms with van der Waals surface area (Å²) in [6, 6.07) is 4.98. The number of carbonyl (C=O) groups excluding carboxylic acids is 4. The minimum Gasteiger partial charge on any atom is -0.481 e. The molecular formula is C26H32O9.